The van der Waals surface area contributed by atoms with Crippen LogP contribution >= 0.6 is 0 Å². The number of hydrogen-bond acceptors (Lipinski definition) is 8. The van der Waals surface area contributed by atoms with Gasteiger partial charge in [0.05, 0.1) is 36.2 Å². The molecule has 1 amide bonds. The Hall–Kier alpha value is -3.81. The Morgan fingerprint density at radius 1 is 1.13 bits per heavy atom. The van der Waals surface area contributed by atoms with Gasteiger partial charge in [0.25, 0.3) is 0 Å². The SMILES string of the molecule is Cc1cnc(Nc2cnn(C3CC4CCC(C3)N4C(=O)C3CC3)c2)nc1-c1ccc(C(O)NCC#N)cc1. The van der Waals surface area contributed by atoms with Gasteiger partial charge < -0.3 is 15.3 Å². The Labute approximate surface area is 221 Å². The molecule has 1 aromatic carbocycles. The first-order chi connectivity index (χ1) is 18.5. The molecule has 10 nitrogen and oxygen atoms in total. The average Bonchev–Trinajstić information content (AvgIpc) is 3.63. The van der Waals surface area contributed by atoms with Gasteiger partial charge in [0.2, 0.25) is 11.9 Å². The minimum atomic E-state index is -0.898. The van der Waals surface area contributed by atoms with Gasteiger partial charge in [-0.05, 0) is 56.6 Å². The molecular weight excluding hydrogens is 480 g/mol. The summed E-state index contributed by atoms with van der Waals surface area (Å²) >= 11 is 0. The van der Waals surface area contributed by atoms with Crippen molar-refractivity contribution >= 4 is 17.5 Å². The fourth-order valence-corrected chi connectivity index (χ4v) is 5.87. The number of fused-ring (bicyclic) bond motifs is 2. The smallest absolute Gasteiger partial charge is 0.227 e. The van der Waals surface area contributed by atoms with Crippen LogP contribution in [0.4, 0.5) is 11.6 Å². The zero-order valence-electron chi connectivity index (χ0n) is 21.4. The lowest BCUT2D eigenvalue weighted by Gasteiger charge is -2.39. The first-order valence-electron chi connectivity index (χ1n) is 13.4. The molecular formula is C28H32N8O2. The highest BCUT2D eigenvalue weighted by Crippen LogP contribution is 2.44. The summed E-state index contributed by atoms with van der Waals surface area (Å²) in [6.07, 6.45) is 10.9. The first kappa shape index (κ1) is 24.5. The van der Waals surface area contributed by atoms with Crippen LogP contribution in [0.2, 0.25) is 0 Å². The summed E-state index contributed by atoms with van der Waals surface area (Å²) in [5.41, 5.74) is 4.14. The third-order valence-electron chi connectivity index (χ3n) is 7.97. The molecule has 3 aliphatic rings. The Kier molecular flexibility index (Phi) is 6.55. The third kappa shape index (κ3) is 4.87. The molecule has 1 aliphatic carbocycles. The van der Waals surface area contributed by atoms with Crippen LogP contribution in [0.3, 0.4) is 0 Å². The van der Waals surface area contributed by atoms with Crippen LogP contribution in [-0.2, 0) is 4.79 Å². The molecule has 3 unspecified atom stereocenters. The molecule has 2 aromatic heterocycles. The second kappa shape index (κ2) is 10.2. The molecule has 196 valence electrons. The molecule has 2 bridgehead atoms. The van der Waals surface area contributed by atoms with E-state index in [1.165, 1.54) is 0 Å². The van der Waals surface area contributed by atoms with Crippen LogP contribution in [0.1, 0.15) is 61.9 Å². The maximum Gasteiger partial charge on any atom is 0.227 e. The number of nitrogens with zero attached hydrogens (tertiary/aromatic N) is 6. The summed E-state index contributed by atoms with van der Waals surface area (Å²) in [6.45, 7) is 2.03. The number of amides is 1. The van der Waals surface area contributed by atoms with Gasteiger partial charge in [0, 0.05) is 36.0 Å². The third-order valence-corrected chi connectivity index (χ3v) is 7.97. The minimum Gasteiger partial charge on any atom is -0.374 e. The van der Waals surface area contributed by atoms with Gasteiger partial charge in [-0.15, -0.1) is 0 Å². The average molecular weight is 513 g/mol. The largest absolute Gasteiger partial charge is 0.374 e. The molecule has 1 saturated carbocycles. The lowest BCUT2D eigenvalue weighted by molar-refractivity contribution is -0.137. The van der Waals surface area contributed by atoms with Crippen LogP contribution in [0.15, 0.2) is 42.9 Å². The van der Waals surface area contributed by atoms with Gasteiger partial charge in [-0.1, -0.05) is 24.3 Å². The molecule has 3 aromatic rings. The number of piperidine rings is 1. The van der Waals surface area contributed by atoms with Crippen molar-refractivity contribution in [2.75, 3.05) is 11.9 Å². The number of aliphatic hydroxyl groups excluding tert-OH is 1. The highest BCUT2D eigenvalue weighted by atomic mass is 16.3. The number of rotatable bonds is 8. The summed E-state index contributed by atoms with van der Waals surface area (Å²) in [6, 6.07) is 10.4. The van der Waals surface area contributed by atoms with Gasteiger partial charge in [-0.3, -0.25) is 14.8 Å². The minimum absolute atomic E-state index is 0.0694. The van der Waals surface area contributed by atoms with Crippen molar-refractivity contribution in [1.82, 2.24) is 30.0 Å². The standard InChI is InChI=1S/C28H32N8O2/c1-17-14-31-28(34-25(17)18-2-4-19(5-3-18)26(37)30-11-10-29)33-21-15-32-35(16-21)24-12-22-8-9-23(13-24)36(22)27(38)20-6-7-20/h2-5,14-16,20,22-24,26,30,37H,6-9,11-13H2,1H3,(H,31,33,34). The second-order valence-electron chi connectivity index (χ2n) is 10.7. The number of carbonyl (C=O) groups is 1. The van der Waals surface area contributed by atoms with Gasteiger partial charge in [0.15, 0.2) is 0 Å². The van der Waals surface area contributed by atoms with E-state index in [9.17, 15) is 9.90 Å². The van der Waals surface area contributed by atoms with E-state index in [0.29, 0.717) is 29.5 Å². The molecule has 2 aliphatic heterocycles. The van der Waals surface area contributed by atoms with Crippen molar-refractivity contribution in [3.63, 3.8) is 0 Å². The Morgan fingerprint density at radius 3 is 2.55 bits per heavy atom. The van der Waals surface area contributed by atoms with Crippen LogP contribution in [0.5, 0.6) is 0 Å². The molecule has 0 radical (unpaired) electrons. The Morgan fingerprint density at radius 2 is 1.87 bits per heavy atom. The van der Waals surface area contributed by atoms with Crippen LogP contribution in [0.25, 0.3) is 11.3 Å². The first-order valence-corrected chi connectivity index (χ1v) is 13.4. The second-order valence-corrected chi connectivity index (χ2v) is 10.7. The topological polar surface area (TPSA) is 132 Å². The fourth-order valence-electron chi connectivity index (χ4n) is 5.87. The number of carbonyl (C=O) groups excluding carboxylic acids is 1. The van der Waals surface area contributed by atoms with E-state index < -0.39 is 6.23 Å². The molecule has 3 fully saturated rings. The van der Waals surface area contributed by atoms with E-state index >= 15 is 0 Å². The predicted molar refractivity (Wildman–Crippen MR) is 141 cm³/mol. The summed E-state index contributed by atoms with van der Waals surface area (Å²) in [7, 11) is 0. The van der Waals surface area contributed by atoms with Gasteiger partial charge in [-0.25, -0.2) is 9.97 Å². The van der Waals surface area contributed by atoms with E-state index in [1.54, 1.807) is 12.4 Å². The van der Waals surface area contributed by atoms with E-state index in [1.807, 2.05) is 48.1 Å². The van der Waals surface area contributed by atoms with Crippen molar-refractivity contribution in [2.45, 2.75) is 69.8 Å². The Bertz CT molecular complexity index is 1350. The number of anilines is 2. The zero-order valence-corrected chi connectivity index (χ0v) is 21.4. The highest BCUT2D eigenvalue weighted by molar-refractivity contribution is 5.82. The van der Waals surface area contributed by atoms with Gasteiger partial charge in [-0.2, -0.15) is 10.4 Å². The molecule has 3 N–H and O–H groups in total. The van der Waals surface area contributed by atoms with E-state index in [0.717, 1.165) is 61.0 Å². The molecule has 3 atom stereocenters. The molecule has 4 heterocycles. The molecule has 10 heteroatoms. The zero-order chi connectivity index (χ0) is 26.2. The van der Waals surface area contributed by atoms with E-state index in [4.69, 9.17) is 10.2 Å². The number of aliphatic hydroxyl groups is 1. The number of benzene rings is 1. The van der Waals surface area contributed by atoms with Crippen molar-refractivity contribution in [1.29, 1.82) is 5.26 Å². The highest BCUT2D eigenvalue weighted by Gasteiger charge is 2.47. The number of hydrogen-bond donors (Lipinski definition) is 3. The summed E-state index contributed by atoms with van der Waals surface area (Å²) in [5, 5.41) is 29.5. The molecule has 38 heavy (non-hydrogen) atoms. The summed E-state index contributed by atoms with van der Waals surface area (Å²) in [4.78, 5) is 24.2. The van der Waals surface area contributed by atoms with Crippen molar-refractivity contribution in [3.8, 4) is 17.3 Å². The van der Waals surface area contributed by atoms with Crippen molar-refractivity contribution in [3.05, 3.63) is 54.0 Å². The van der Waals surface area contributed by atoms with Gasteiger partial charge in [0.1, 0.15) is 6.23 Å². The van der Waals surface area contributed by atoms with Crippen LogP contribution in [0, 0.1) is 24.2 Å². The number of aryl methyl sites for hydroxylation is 1. The van der Waals surface area contributed by atoms with Crippen molar-refractivity contribution < 1.29 is 9.90 Å². The maximum atomic E-state index is 12.8. The summed E-state index contributed by atoms with van der Waals surface area (Å²) in [5.74, 6) is 1.15. The fraction of sp³-hybridized carbons (Fsp3) is 0.464. The van der Waals surface area contributed by atoms with Crippen LogP contribution < -0.4 is 10.6 Å². The number of aromatic nitrogens is 4. The molecule has 6 rings (SSSR count). The van der Waals surface area contributed by atoms with E-state index in [-0.39, 0.29) is 18.5 Å². The lowest BCUT2D eigenvalue weighted by atomic mass is 9.97. The normalized spacial score (nSPS) is 23.2. The molecule has 0 spiro atoms. The van der Waals surface area contributed by atoms with Gasteiger partial charge >= 0.3 is 0 Å². The van der Waals surface area contributed by atoms with E-state index in [2.05, 4.69) is 25.6 Å². The summed E-state index contributed by atoms with van der Waals surface area (Å²) < 4.78 is 2.03. The lowest BCUT2D eigenvalue weighted by Crippen LogP contribution is -2.47. The number of nitrogens with one attached hydrogen (secondary N) is 2. The number of nitriles is 1. The van der Waals surface area contributed by atoms with Crippen molar-refractivity contribution in [2.24, 2.45) is 5.92 Å². The monoisotopic (exact) mass is 512 g/mol. The Balaban J connectivity index is 1.13. The van der Waals surface area contributed by atoms with Crippen LogP contribution in [-0.4, -0.2) is 54.3 Å². The quantitative estimate of drug-likeness (QED) is 0.308. The maximum absolute atomic E-state index is 12.8. The molecule has 2 saturated heterocycles. The predicted octanol–water partition coefficient (Wildman–Crippen LogP) is 3.60.